The summed E-state index contributed by atoms with van der Waals surface area (Å²) in [5.74, 6) is 0. The number of hydrogen-bond donors (Lipinski definition) is 0. The minimum absolute atomic E-state index is 0.630. The molecule has 0 aliphatic rings. The van der Waals surface area contributed by atoms with Gasteiger partial charge < -0.3 is 0 Å². The van der Waals surface area contributed by atoms with Gasteiger partial charge in [-0.3, -0.25) is 0 Å². The molecule has 0 fully saturated rings. The van der Waals surface area contributed by atoms with Crippen LogP contribution in [0.5, 0.6) is 0 Å². The molecule has 5 aromatic heterocycles. The topological polar surface area (TPSA) is 4.93 Å². The van der Waals surface area contributed by atoms with Crippen molar-refractivity contribution in [3.8, 4) is 0 Å². The molecule has 232 valence electrons. The van der Waals surface area contributed by atoms with Crippen LogP contribution in [0.3, 0.4) is 0 Å². The Balaban J connectivity index is 1.61. The second kappa shape index (κ2) is 14.6. The molecule has 0 radical (unpaired) electrons. The van der Waals surface area contributed by atoms with Gasteiger partial charge in [0.2, 0.25) is 0 Å². The molecule has 0 N–H and O–H groups in total. The molecule has 0 saturated heterocycles. The van der Waals surface area contributed by atoms with Gasteiger partial charge in [-0.05, 0) is 0 Å². The summed E-state index contributed by atoms with van der Waals surface area (Å²) in [6.07, 6.45) is 19.4. The van der Waals surface area contributed by atoms with Crippen LogP contribution in [0.15, 0.2) is 12.1 Å². The number of thiophene rings is 4. The van der Waals surface area contributed by atoms with Crippen LogP contribution in [0.25, 0.3) is 39.2 Å². The van der Waals surface area contributed by atoms with Crippen molar-refractivity contribution in [2.24, 2.45) is 0 Å². The molecule has 0 spiro atoms. The molecule has 0 saturated carbocycles. The van der Waals surface area contributed by atoms with Crippen molar-refractivity contribution in [3.05, 3.63) is 12.1 Å². The standard InChI is InChI=1S/C29H37NS4.6CH3.2Sn/c1-3-5-7-9-11-13-15-21(16-14-12-10-8-6-4-2)30-24-26-22(17-19-31-26)33-28(24)29-25(30)27-23(34-29)18-20-32-27;;;;;;;;/h17-18,21H,3-16H2,1-2H3;6*1H3;;. The summed E-state index contributed by atoms with van der Waals surface area (Å²) in [6, 6.07) is 5.87. The van der Waals surface area contributed by atoms with E-state index in [4.69, 9.17) is 0 Å². The van der Waals surface area contributed by atoms with E-state index in [1.807, 2.05) is 0 Å². The van der Waals surface area contributed by atoms with Crippen LogP contribution >= 0.6 is 45.3 Å². The van der Waals surface area contributed by atoms with Gasteiger partial charge in [0, 0.05) is 0 Å². The number of hydrogen-bond acceptors (Lipinski definition) is 4. The summed E-state index contributed by atoms with van der Waals surface area (Å²) < 4.78 is 16.1. The van der Waals surface area contributed by atoms with Crippen molar-refractivity contribution >= 4 is 127 Å². The fraction of sp³-hybridized carbons (Fsp3) is 0.657. The fourth-order valence-corrected chi connectivity index (χ4v) is 22.8. The Labute approximate surface area is 280 Å². The Kier molecular flexibility index (Phi) is 11.9. The summed E-state index contributed by atoms with van der Waals surface area (Å²) in [6.45, 7) is 4.67. The predicted octanol–water partition coefficient (Wildman–Crippen LogP) is 13.5. The van der Waals surface area contributed by atoms with Crippen LogP contribution < -0.4 is 5.79 Å². The monoisotopic (exact) mass is 857 g/mol. The number of unbranched alkanes of at least 4 members (excludes halogenated alkanes) is 10. The number of rotatable bonds is 17. The van der Waals surface area contributed by atoms with E-state index in [2.05, 4.69) is 106 Å². The Bertz CT molecular complexity index is 1480. The second-order valence-electron chi connectivity index (χ2n) is 14.8. The number of fused-ring (bicyclic) bond motifs is 7. The Hall–Kier alpha value is 0.717. The SMILES string of the molecule is CCCCCCCCC(CCCCCCCC)n1c2c3s[c]([Sn]([CH3])([CH3])[CH3])cc3sc2c2sc3c[c]([Sn]([CH3])([CH3])[CH3])sc3c21. The van der Waals surface area contributed by atoms with Crippen LogP contribution in [0.1, 0.15) is 110 Å². The molecular formula is C35H55NS4Sn2. The first-order valence-electron chi connectivity index (χ1n) is 17.0. The average Bonchev–Trinajstić information content (AvgIpc) is 3.69. The summed E-state index contributed by atoms with van der Waals surface area (Å²) >= 11 is 4.33. The van der Waals surface area contributed by atoms with Crippen molar-refractivity contribution in [3.63, 3.8) is 0 Å². The minimum atomic E-state index is -2.14. The van der Waals surface area contributed by atoms with Crippen molar-refractivity contribution in [1.82, 2.24) is 4.57 Å². The van der Waals surface area contributed by atoms with Gasteiger partial charge in [-0.1, -0.05) is 26.7 Å². The maximum atomic E-state index is 2.97. The van der Waals surface area contributed by atoms with E-state index in [-0.39, 0.29) is 0 Å². The van der Waals surface area contributed by atoms with Crippen LogP contribution in [0.2, 0.25) is 29.6 Å². The molecular weight excluding hydrogens is 800 g/mol. The number of aromatic nitrogens is 1. The van der Waals surface area contributed by atoms with E-state index < -0.39 is 36.8 Å². The molecule has 0 aliphatic heterocycles. The molecule has 42 heavy (non-hydrogen) atoms. The first-order chi connectivity index (χ1) is 20.0. The summed E-state index contributed by atoms with van der Waals surface area (Å²) in [4.78, 5) is 15.5. The zero-order valence-electron chi connectivity index (χ0n) is 27.7. The second-order valence-corrected chi connectivity index (χ2v) is 49.8. The molecule has 0 atom stereocenters. The van der Waals surface area contributed by atoms with Gasteiger partial charge in [0.1, 0.15) is 0 Å². The van der Waals surface area contributed by atoms with Crippen LogP contribution in [0, 0.1) is 0 Å². The van der Waals surface area contributed by atoms with E-state index in [1.165, 1.54) is 89.9 Å². The van der Waals surface area contributed by atoms with E-state index in [9.17, 15) is 0 Å². The molecule has 5 aromatic rings. The van der Waals surface area contributed by atoms with Crippen LogP contribution in [-0.4, -0.2) is 41.3 Å². The normalized spacial score (nSPS) is 13.4. The molecule has 5 heterocycles. The van der Waals surface area contributed by atoms with Crippen LogP contribution in [0.4, 0.5) is 0 Å². The van der Waals surface area contributed by atoms with Crippen molar-refractivity contribution < 1.29 is 0 Å². The van der Waals surface area contributed by atoms with E-state index >= 15 is 0 Å². The summed E-state index contributed by atoms with van der Waals surface area (Å²) in [5, 5.41) is 0. The van der Waals surface area contributed by atoms with Gasteiger partial charge in [0.25, 0.3) is 0 Å². The summed E-state index contributed by atoms with van der Waals surface area (Å²) in [5.41, 5.74) is 3.25. The van der Waals surface area contributed by atoms with Gasteiger partial charge >= 0.3 is 257 Å². The van der Waals surface area contributed by atoms with Gasteiger partial charge in [0.05, 0.1) is 0 Å². The van der Waals surface area contributed by atoms with Crippen molar-refractivity contribution in [2.75, 3.05) is 0 Å². The third kappa shape index (κ3) is 7.47. The summed E-state index contributed by atoms with van der Waals surface area (Å²) in [7, 11) is 0. The molecule has 0 aliphatic carbocycles. The zero-order valence-corrected chi connectivity index (χ0v) is 36.7. The molecule has 0 unspecified atom stereocenters. The van der Waals surface area contributed by atoms with Gasteiger partial charge in [-0.2, -0.15) is 0 Å². The molecule has 0 bridgehead atoms. The van der Waals surface area contributed by atoms with E-state index in [1.54, 1.807) is 45.0 Å². The third-order valence-corrected chi connectivity index (χ3v) is 32.8. The van der Waals surface area contributed by atoms with Gasteiger partial charge in [-0.25, -0.2) is 0 Å². The Morgan fingerprint density at radius 2 is 0.905 bits per heavy atom. The number of nitrogens with zero attached hydrogens (tertiary/aromatic N) is 1. The molecule has 0 amide bonds. The third-order valence-electron chi connectivity index (χ3n) is 8.99. The molecule has 5 rings (SSSR count). The van der Waals surface area contributed by atoms with Crippen molar-refractivity contribution in [1.29, 1.82) is 0 Å². The first kappa shape index (κ1) is 34.1. The average molecular weight is 856 g/mol. The molecule has 1 nitrogen and oxygen atoms in total. The van der Waals surface area contributed by atoms with Gasteiger partial charge in [0.15, 0.2) is 0 Å². The zero-order chi connectivity index (χ0) is 30.1. The van der Waals surface area contributed by atoms with E-state index in [0.29, 0.717) is 6.04 Å². The first-order valence-corrected chi connectivity index (χ1v) is 40.2. The molecule has 0 aromatic carbocycles. The van der Waals surface area contributed by atoms with Crippen LogP contribution in [-0.2, 0) is 0 Å². The maximum absolute atomic E-state index is 2.97. The quantitative estimate of drug-likeness (QED) is 0.0649. The molecule has 7 heteroatoms. The fourth-order valence-electron chi connectivity index (χ4n) is 6.44. The Morgan fingerprint density at radius 3 is 1.29 bits per heavy atom. The predicted molar refractivity (Wildman–Crippen MR) is 207 cm³/mol. The van der Waals surface area contributed by atoms with E-state index in [0.717, 1.165) is 0 Å². The Morgan fingerprint density at radius 1 is 0.524 bits per heavy atom. The van der Waals surface area contributed by atoms with Gasteiger partial charge in [-0.15, -0.1) is 0 Å². The van der Waals surface area contributed by atoms with Crippen molar-refractivity contribution in [2.45, 2.75) is 139 Å².